The van der Waals surface area contributed by atoms with E-state index < -0.39 is 11.9 Å². The molecule has 0 radical (unpaired) electrons. The normalized spacial score (nSPS) is 26.6. The first kappa shape index (κ1) is 11.4. The van der Waals surface area contributed by atoms with Gasteiger partial charge in [0, 0.05) is 6.54 Å². The summed E-state index contributed by atoms with van der Waals surface area (Å²) in [5.74, 6) is -0.318. The first-order valence-electron chi connectivity index (χ1n) is 4.60. The van der Waals surface area contributed by atoms with Crippen LogP contribution in [0.2, 0.25) is 0 Å². The molecule has 0 aromatic heterocycles. The van der Waals surface area contributed by atoms with Gasteiger partial charge in [0.25, 0.3) is 0 Å². The summed E-state index contributed by atoms with van der Waals surface area (Å²) < 4.78 is 0. The highest BCUT2D eigenvalue weighted by atomic mass is 31.0. The van der Waals surface area contributed by atoms with E-state index in [1.807, 2.05) is 6.92 Å². The van der Waals surface area contributed by atoms with Gasteiger partial charge in [0.15, 0.2) is 0 Å². The largest absolute Gasteiger partial charge is 0.368 e. The third-order valence-corrected chi connectivity index (χ3v) is 2.77. The van der Waals surface area contributed by atoms with Crippen LogP contribution in [0.1, 0.15) is 13.3 Å². The zero-order valence-electron chi connectivity index (χ0n) is 8.19. The Morgan fingerprint density at radius 1 is 1.64 bits per heavy atom. The zero-order chi connectivity index (χ0) is 10.7. The highest BCUT2D eigenvalue weighted by molar-refractivity contribution is 7.13. The molecule has 14 heavy (non-hydrogen) atoms. The molecule has 5 nitrogen and oxygen atoms in total. The number of primary amides is 1. The number of nitrogens with zero attached hydrogens (tertiary/aromatic N) is 1. The van der Waals surface area contributed by atoms with E-state index in [2.05, 4.69) is 14.5 Å². The van der Waals surface area contributed by atoms with E-state index >= 15 is 0 Å². The molecule has 3 N–H and O–H groups in total. The van der Waals surface area contributed by atoms with Crippen molar-refractivity contribution in [2.24, 2.45) is 11.7 Å². The highest BCUT2D eigenvalue weighted by Crippen LogP contribution is 2.23. The molecule has 1 fully saturated rings. The fraction of sp³-hybridized carbons (Fsp3) is 0.750. The van der Waals surface area contributed by atoms with E-state index in [1.165, 1.54) is 0 Å². The van der Waals surface area contributed by atoms with Crippen LogP contribution in [0.25, 0.3) is 0 Å². The lowest BCUT2D eigenvalue weighted by atomic mass is 10.0. The summed E-state index contributed by atoms with van der Waals surface area (Å²) in [6.45, 7) is 2.79. The maximum atomic E-state index is 11.5. The molecular formula is C8H16N3O2P. The maximum absolute atomic E-state index is 11.5. The second-order valence-electron chi connectivity index (χ2n) is 3.58. The molecule has 1 rings (SSSR count). The van der Waals surface area contributed by atoms with Crippen molar-refractivity contribution in [2.75, 3.05) is 13.1 Å². The van der Waals surface area contributed by atoms with Crippen molar-refractivity contribution in [2.45, 2.75) is 19.4 Å². The van der Waals surface area contributed by atoms with Gasteiger partial charge in [-0.3, -0.25) is 14.7 Å². The lowest BCUT2D eigenvalue weighted by molar-refractivity contribution is -0.137. The van der Waals surface area contributed by atoms with Crippen molar-refractivity contribution in [1.29, 1.82) is 0 Å². The van der Waals surface area contributed by atoms with Gasteiger partial charge in [-0.1, -0.05) is 16.3 Å². The quantitative estimate of drug-likeness (QED) is 0.601. The highest BCUT2D eigenvalue weighted by Gasteiger charge is 2.37. The number of amides is 2. The van der Waals surface area contributed by atoms with Crippen LogP contribution in [0, 0.1) is 5.92 Å². The van der Waals surface area contributed by atoms with Gasteiger partial charge in [0.2, 0.25) is 11.8 Å². The summed E-state index contributed by atoms with van der Waals surface area (Å²) in [5, 5.41) is 2.69. The van der Waals surface area contributed by atoms with Gasteiger partial charge in [-0.05, 0) is 12.3 Å². The summed E-state index contributed by atoms with van der Waals surface area (Å²) in [6, 6.07) is -0.430. The molecule has 2 amide bonds. The molecule has 1 saturated heterocycles. The molecule has 0 spiro atoms. The Morgan fingerprint density at radius 2 is 2.29 bits per heavy atom. The lowest BCUT2D eigenvalue weighted by Crippen LogP contribution is -2.47. The number of carbonyl (C=O) groups is 2. The zero-order valence-corrected chi connectivity index (χ0v) is 9.35. The number of hydrogen-bond donors (Lipinski definition) is 2. The third-order valence-electron chi connectivity index (χ3n) is 2.57. The number of nitrogens with two attached hydrogens (primary N) is 1. The second-order valence-corrected chi connectivity index (χ2v) is 3.99. The SMILES string of the molecule is CC1CCN(C(=O)CNP)C1C(N)=O. The predicted molar refractivity (Wildman–Crippen MR) is 56.2 cm³/mol. The Balaban J connectivity index is 2.69. The second kappa shape index (κ2) is 4.71. The Hall–Kier alpha value is -0.670. The van der Waals surface area contributed by atoms with E-state index in [0.29, 0.717) is 6.54 Å². The molecule has 80 valence electrons. The van der Waals surface area contributed by atoms with Crippen LogP contribution in [0.5, 0.6) is 0 Å². The van der Waals surface area contributed by atoms with Gasteiger partial charge in [-0.15, -0.1) is 0 Å². The Bertz CT molecular complexity index is 247. The van der Waals surface area contributed by atoms with Crippen molar-refractivity contribution in [3.8, 4) is 0 Å². The minimum Gasteiger partial charge on any atom is -0.368 e. The molecule has 0 aromatic rings. The molecule has 0 bridgehead atoms. The predicted octanol–water partition coefficient (Wildman–Crippen LogP) is -0.912. The average Bonchev–Trinajstić information content (AvgIpc) is 2.47. The molecule has 6 heteroatoms. The van der Waals surface area contributed by atoms with Crippen LogP contribution in [0.15, 0.2) is 0 Å². The van der Waals surface area contributed by atoms with Crippen LogP contribution < -0.4 is 10.8 Å². The van der Waals surface area contributed by atoms with Crippen LogP contribution in [0.4, 0.5) is 0 Å². The van der Waals surface area contributed by atoms with Gasteiger partial charge in [0.05, 0.1) is 6.54 Å². The molecule has 3 atom stereocenters. The van der Waals surface area contributed by atoms with E-state index in [-0.39, 0.29) is 18.4 Å². The van der Waals surface area contributed by atoms with Crippen LogP contribution >= 0.6 is 9.39 Å². The minimum absolute atomic E-state index is 0.0758. The van der Waals surface area contributed by atoms with Crippen LogP contribution in [-0.2, 0) is 9.59 Å². The van der Waals surface area contributed by atoms with Crippen molar-refractivity contribution < 1.29 is 9.59 Å². The molecule has 0 aromatic carbocycles. The Kier molecular flexibility index (Phi) is 3.84. The molecule has 1 aliphatic rings. The Morgan fingerprint density at radius 3 is 2.79 bits per heavy atom. The fourth-order valence-electron chi connectivity index (χ4n) is 1.85. The number of likely N-dealkylation sites (tertiary alicyclic amines) is 1. The summed E-state index contributed by atoms with van der Waals surface area (Å²) >= 11 is 0. The molecule has 1 heterocycles. The van der Waals surface area contributed by atoms with Crippen LogP contribution in [-0.4, -0.2) is 35.8 Å². The van der Waals surface area contributed by atoms with Crippen molar-refractivity contribution >= 4 is 21.2 Å². The Labute approximate surface area is 85.6 Å². The molecule has 3 unspecified atom stereocenters. The summed E-state index contributed by atoms with van der Waals surface area (Å²) in [7, 11) is 2.26. The lowest BCUT2D eigenvalue weighted by Gasteiger charge is -2.23. The summed E-state index contributed by atoms with van der Waals surface area (Å²) in [6.07, 6.45) is 0.843. The van der Waals surface area contributed by atoms with Crippen molar-refractivity contribution in [3.05, 3.63) is 0 Å². The van der Waals surface area contributed by atoms with Crippen molar-refractivity contribution in [3.63, 3.8) is 0 Å². The van der Waals surface area contributed by atoms with Gasteiger partial charge in [-0.2, -0.15) is 0 Å². The maximum Gasteiger partial charge on any atom is 0.240 e. The van der Waals surface area contributed by atoms with E-state index in [9.17, 15) is 9.59 Å². The van der Waals surface area contributed by atoms with Gasteiger partial charge in [-0.25, -0.2) is 0 Å². The topological polar surface area (TPSA) is 75.4 Å². The summed E-state index contributed by atoms with van der Waals surface area (Å²) in [5.41, 5.74) is 5.25. The van der Waals surface area contributed by atoms with E-state index in [0.717, 1.165) is 6.42 Å². The standard InChI is InChI=1S/C8H16N3O2P/c1-5-2-3-11(6(12)4-10-14)7(5)8(9)13/h5,7,10H,2-4,14H2,1H3,(H2,9,13). The fourth-order valence-corrected chi connectivity index (χ4v) is 2.02. The third kappa shape index (κ3) is 2.22. The van der Waals surface area contributed by atoms with E-state index in [4.69, 9.17) is 5.73 Å². The van der Waals surface area contributed by atoms with Crippen molar-refractivity contribution in [1.82, 2.24) is 9.99 Å². The number of hydrogen-bond acceptors (Lipinski definition) is 3. The minimum atomic E-state index is -0.430. The number of rotatable bonds is 3. The smallest absolute Gasteiger partial charge is 0.240 e. The van der Waals surface area contributed by atoms with Crippen LogP contribution in [0.3, 0.4) is 0 Å². The van der Waals surface area contributed by atoms with Gasteiger partial charge in [0.1, 0.15) is 6.04 Å². The number of nitrogens with one attached hydrogen (secondary N) is 1. The average molecular weight is 217 g/mol. The first-order valence-corrected chi connectivity index (χ1v) is 5.18. The molecule has 1 aliphatic heterocycles. The molecule has 0 aliphatic carbocycles. The monoisotopic (exact) mass is 217 g/mol. The number of carbonyl (C=O) groups excluding carboxylic acids is 2. The van der Waals surface area contributed by atoms with Gasteiger partial charge < -0.3 is 10.6 Å². The first-order chi connectivity index (χ1) is 6.57. The van der Waals surface area contributed by atoms with E-state index in [1.54, 1.807) is 4.90 Å². The summed E-state index contributed by atoms with van der Waals surface area (Å²) in [4.78, 5) is 24.2. The van der Waals surface area contributed by atoms with Gasteiger partial charge >= 0.3 is 0 Å². The molecular weight excluding hydrogens is 201 g/mol. The molecule has 0 saturated carbocycles.